The predicted molar refractivity (Wildman–Crippen MR) is 103 cm³/mol. The molecule has 0 aliphatic carbocycles. The number of benzene rings is 2. The van der Waals surface area contributed by atoms with Crippen LogP contribution in [0.25, 0.3) is 17.5 Å². The van der Waals surface area contributed by atoms with Crippen LogP contribution >= 0.6 is 0 Å². The first kappa shape index (κ1) is 20.3. The topological polar surface area (TPSA) is 76.3 Å². The van der Waals surface area contributed by atoms with Gasteiger partial charge in [0.2, 0.25) is 21.7 Å². The van der Waals surface area contributed by atoms with Gasteiger partial charge in [-0.05, 0) is 23.8 Å². The lowest BCUT2D eigenvalue weighted by atomic mass is 10.0. The number of nitrogens with zero attached hydrogens (tertiary/aromatic N) is 3. The molecule has 0 N–H and O–H groups in total. The number of hydrogen-bond acceptors (Lipinski definition) is 5. The maximum atomic E-state index is 12.9. The Labute approximate surface area is 170 Å². The van der Waals surface area contributed by atoms with E-state index in [9.17, 15) is 21.6 Å². The molecule has 1 aliphatic heterocycles. The van der Waals surface area contributed by atoms with Crippen molar-refractivity contribution in [1.82, 2.24) is 14.4 Å². The van der Waals surface area contributed by atoms with Gasteiger partial charge < -0.3 is 4.52 Å². The van der Waals surface area contributed by atoms with Gasteiger partial charge in [-0.3, -0.25) is 0 Å². The highest BCUT2D eigenvalue weighted by atomic mass is 32.2. The van der Waals surface area contributed by atoms with Crippen molar-refractivity contribution in [3.8, 4) is 11.4 Å². The van der Waals surface area contributed by atoms with Crippen molar-refractivity contribution in [2.24, 2.45) is 0 Å². The van der Waals surface area contributed by atoms with Crippen molar-refractivity contribution in [3.05, 3.63) is 77.0 Å². The van der Waals surface area contributed by atoms with Crippen LogP contribution in [0.15, 0.2) is 64.5 Å². The van der Waals surface area contributed by atoms with Gasteiger partial charge in [-0.1, -0.05) is 47.6 Å². The zero-order chi connectivity index (χ0) is 21.4. The van der Waals surface area contributed by atoms with Crippen molar-refractivity contribution in [3.63, 3.8) is 0 Å². The number of aromatic nitrogens is 2. The predicted octanol–water partition coefficient (Wildman–Crippen LogP) is 4.16. The molecule has 1 aromatic heterocycles. The fourth-order valence-electron chi connectivity index (χ4n) is 2.97. The van der Waals surface area contributed by atoms with Crippen molar-refractivity contribution in [1.29, 1.82) is 0 Å². The largest absolute Gasteiger partial charge is 0.416 e. The first-order valence-electron chi connectivity index (χ1n) is 8.97. The summed E-state index contributed by atoms with van der Waals surface area (Å²) in [5, 5.41) is 4.88. The number of sulfonamides is 1. The number of halogens is 3. The van der Waals surface area contributed by atoms with E-state index in [1.54, 1.807) is 12.1 Å². The molecule has 2 heterocycles. The van der Waals surface area contributed by atoms with Crippen LogP contribution in [0.2, 0.25) is 0 Å². The third-order valence-corrected chi connectivity index (χ3v) is 6.18. The van der Waals surface area contributed by atoms with E-state index >= 15 is 0 Å². The molecule has 30 heavy (non-hydrogen) atoms. The Morgan fingerprint density at radius 3 is 2.50 bits per heavy atom. The summed E-state index contributed by atoms with van der Waals surface area (Å²) in [6, 6.07) is 13.7. The van der Waals surface area contributed by atoms with Crippen LogP contribution < -0.4 is 0 Å². The summed E-state index contributed by atoms with van der Waals surface area (Å²) >= 11 is 0. The molecule has 0 radical (unpaired) electrons. The summed E-state index contributed by atoms with van der Waals surface area (Å²) in [7, 11) is -3.59. The van der Waals surface area contributed by atoms with E-state index in [2.05, 4.69) is 10.1 Å². The standard InChI is InChI=1S/C20H16F3N3O3S/c21-20(22,23)17-8-4-7-15(11-17)18-24-19(29-25-18)16-12-26(13-16)30(27,28)10-9-14-5-2-1-3-6-14/h1-11,16H,12-13H2/b10-9+. The zero-order valence-corrected chi connectivity index (χ0v) is 16.3. The molecule has 0 unspecified atom stereocenters. The third-order valence-electron chi connectivity index (χ3n) is 4.68. The molecule has 1 aliphatic rings. The van der Waals surface area contributed by atoms with Crippen LogP contribution in [-0.4, -0.2) is 36.0 Å². The summed E-state index contributed by atoms with van der Waals surface area (Å²) in [5.41, 5.74) is 0.132. The molecule has 4 rings (SSSR count). The quantitative estimate of drug-likeness (QED) is 0.602. The van der Waals surface area contributed by atoms with Crippen LogP contribution in [-0.2, 0) is 16.2 Å². The maximum absolute atomic E-state index is 12.9. The van der Waals surface area contributed by atoms with Crippen molar-refractivity contribution < 1.29 is 26.1 Å². The van der Waals surface area contributed by atoms with E-state index in [4.69, 9.17) is 4.52 Å². The highest BCUT2D eigenvalue weighted by molar-refractivity contribution is 7.92. The second-order valence-electron chi connectivity index (χ2n) is 6.81. The van der Waals surface area contributed by atoms with Gasteiger partial charge in [-0.2, -0.15) is 22.5 Å². The SMILES string of the molecule is O=S(=O)(/C=C/c1ccccc1)N1CC(c2nc(-c3cccc(C(F)(F)F)c3)no2)C1. The smallest absolute Gasteiger partial charge is 0.339 e. The molecule has 0 saturated carbocycles. The Hall–Kier alpha value is -2.98. The molecule has 0 bridgehead atoms. The minimum atomic E-state index is -4.47. The first-order valence-corrected chi connectivity index (χ1v) is 10.5. The van der Waals surface area contributed by atoms with Crippen molar-refractivity contribution in [2.45, 2.75) is 12.1 Å². The number of hydrogen-bond donors (Lipinski definition) is 0. The van der Waals surface area contributed by atoms with Crippen molar-refractivity contribution >= 4 is 16.1 Å². The molecular formula is C20H16F3N3O3S. The monoisotopic (exact) mass is 435 g/mol. The van der Waals surface area contributed by atoms with E-state index in [1.807, 2.05) is 18.2 Å². The summed E-state index contributed by atoms with van der Waals surface area (Å²) in [4.78, 5) is 4.15. The second kappa shape index (κ2) is 7.69. The Balaban J connectivity index is 1.43. The molecule has 0 atom stereocenters. The Bertz CT molecular complexity index is 1170. The molecule has 10 heteroatoms. The van der Waals surface area contributed by atoms with Gasteiger partial charge >= 0.3 is 6.18 Å². The molecule has 0 amide bonds. The van der Waals surface area contributed by atoms with Gasteiger partial charge in [-0.15, -0.1) is 0 Å². The molecule has 6 nitrogen and oxygen atoms in total. The van der Waals surface area contributed by atoms with Gasteiger partial charge in [0.1, 0.15) is 0 Å². The van der Waals surface area contributed by atoms with E-state index in [0.29, 0.717) is 0 Å². The minimum Gasteiger partial charge on any atom is -0.339 e. The molecule has 3 aromatic rings. The van der Waals surface area contributed by atoms with E-state index in [-0.39, 0.29) is 36.3 Å². The third kappa shape index (κ3) is 4.29. The van der Waals surface area contributed by atoms with Crippen LogP contribution in [0.4, 0.5) is 13.2 Å². The summed E-state index contributed by atoms with van der Waals surface area (Å²) < 4.78 is 69.8. The molecule has 2 aromatic carbocycles. The average Bonchev–Trinajstić information content (AvgIpc) is 3.15. The zero-order valence-electron chi connectivity index (χ0n) is 15.5. The molecule has 0 spiro atoms. The maximum Gasteiger partial charge on any atom is 0.416 e. The van der Waals surface area contributed by atoms with Gasteiger partial charge in [-0.25, -0.2) is 8.42 Å². The van der Waals surface area contributed by atoms with Crippen molar-refractivity contribution in [2.75, 3.05) is 13.1 Å². The lowest BCUT2D eigenvalue weighted by molar-refractivity contribution is -0.137. The van der Waals surface area contributed by atoms with Crippen LogP contribution in [0.5, 0.6) is 0 Å². The van der Waals surface area contributed by atoms with E-state index in [0.717, 1.165) is 23.1 Å². The van der Waals surface area contributed by atoms with Crippen LogP contribution in [0.3, 0.4) is 0 Å². The highest BCUT2D eigenvalue weighted by Gasteiger charge is 2.39. The van der Waals surface area contributed by atoms with Gasteiger partial charge in [0, 0.05) is 24.1 Å². The van der Waals surface area contributed by atoms with Gasteiger partial charge in [0.25, 0.3) is 0 Å². The fourth-order valence-corrected chi connectivity index (χ4v) is 4.25. The lowest BCUT2D eigenvalue weighted by Crippen LogP contribution is -2.47. The molecule has 1 fully saturated rings. The second-order valence-corrected chi connectivity index (χ2v) is 8.63. The Morgan fingerprint density at radius 1 is 1.07 bits per heavy atom. The number of rotatable bonds is 5. The van der Waals surface area contributed by atoms with E-state index < -0.39 is 21.8 Å². The average molecular weight is 435 g/mol. The summed E-state index contributed by atoms with van der Waals surface area (Å²) in [6.07, 6.45) is -2.96. The summed E-state index contributed by atoms with van der Waals surface area (Å²) in [6.45, 7) is 0.317. The van der Waals surface area contributed by atoms with Gasteiger partial charge in [0.05, 0.1) is 11.5 Å². The summed E-state index contributed by atoms with van der Waals surface area (Å²) in [5.74, 6) is -0.0840. The highest BCUT2D eigenvalue weighted by Crippen LogP contribution is 2.33. The van der Waals surface area contributed by atoms with Crippen LogP contribution in [0, 0.1) is 0 Å². The molecule has 1 saturated heterocycles. The van der Waals surface area contributed by atoms with Gasteiger partial charge in [0.15, 0.2) is 0 Å². The Kier molecular flexibility index (Phi) is 5.20. The normalized spacial score (nSPS) is 16.1. The van der Waals surface area contributed by atoms with Crippen LogP contribution in [0.1, 0.15) is 22.9 Å². The van der Waals surface area contributed by atoms with E-state index in [1.165, 1.54) is 22.5 Å². The molecular weight excluding hydrogens is 419 g/mol. The Morgan fingerprint density at radius 2 is 1.80 bits per heavy atom. The first-order chi connectivity index (χ1) is 14.2. The lowest BCUT2D eigenvalue weighted by Gasteiger charge is -2.34. The minimum absolute atomic E-state index is 0.0291. The fraction of sp³-hybridized carbons (Fsp3) is 0.200. The number of alkyl halides is 3. The molecule has 156 valence electrons.